The van der Waals surface area contributed by atoms with Crippen LogP contribution in [0.15, 0.2) is 18.2 Å². The van der Waals surface area contributed by atoms with Crippen molar-refractivity contribution >= 4 is 17.4 Å². The van der Waals surface area contributed by atoms with Crippen molar-refractivity contribution in [3.8, 4) is 23.3 Å². The molecule has 1 aromatic carbocycles. The first kappa shape index (κ1) is 13.7. The van der Waals surface area contributed by atoms with Crippen LogP contribution in [-0.2, 0) is 0 Å². The average molecular weight is 291 g/mol. The highest BCUT2D eigenvalue weighted by molar-refractivity contribution is 6.31. The third kappa shape index (κ3) is 2.13. The van der Waals surface area contributed by atoms with Crippen LogP contribution in [0.1, 0.15) is 11.1 Å². The third-order valence-corrected chi connectivity index (χ3v) is 2.88. The number of aromatic nitrogens is 1. The number of anilines is 1. The molecule has 0 saturated carbocycles. The topological polar surface area (TPSA) is 86.5 Å². The molecule has 0 atom stereocenters. The molecule has 20 heavy (non-hydrogen) atoms. The van der Waals surface area contributed by atoms with Crippen molar-refractivity contribution in [3.63, 3.8) is 0 Å². The standard InChI is InChI=1S/C13H5ClF2N4/c14-12-8(4-17)11(9(5-18)13(19)20-12)7-3-6(15)1-2-10(7)16/h1-3H,(H2,19,20). The van der Waals surface area contributed by atoms with E-state index in [1.165, 1.54) is 0 Å². The summed E-state index contributed by atoms with van der Waals surface area (Å²) >= 11 is 5.77. The van der Waals surface area contributed by atoms with Crippen LogP contribution < -0.4 is 5.73 Å². The smallest absolute Gasteiger partial charge is 0.149 e. The van der Waals surface area contributed by atoms with E-state index in [9.17, 15) is 8.78 Å². The normalized spacial score (nSPS) is 9.85. The van der Waals surface area contributed by atoms with E-state index in [1.54, 1.807) is 12.1 Å². The molecule has 4 nitrogen and oxygen atoms in total. The minimum atomic E-state index is -0.805. The fourth-order valence-electron chi connectivity index (χ4n) is 1.75. The molecule has 0 spiro atoms. The van der Waals surface area contributed by atoms with Gasteiger partial charge in [0, 0.05) is 11.1 Å². The number of rotatable bonds is 1. The second-order valence-corrected chi connectivity index (χ2v) is 4.12. The Balaban J connectivity index is 2.96. The molecular weight excluding hydrogens is 286 g/mol. The minimum Gasteiger partial charge on any atom is -0.383 e. The molecule has 2 aromatic rings. The van der Waals surface area contributed by atoms with E-state index in [2.05, 4.69) is 4.98 Å². The van der Waals surface area contributed by atoms with E-state index < -0.39 is 11.6 Å². The molecule has 1 aromatic heterocycles. The second-order valence-electron chi connectivity index (χ2n) is 3.76. The van der Waals surface area contributed by atoms with E-state index in [1.807, 2.05) is 0 Å². The van der Waals surface area contributed by atoms with Crippen LogP contribution in [0, 0.1) is 34.3 Å². The van der Waals surface area contributed by atoms with Gasteiger partial charge < -0.3 is 5.73 Å². The summed E-state index contributed by atoms with van der Waals surface area (Å²) in [5.41, 5.74) is 4.65. The number of hydrogen-bond acceptors (Lipinski definition) is 4. The number of pyridine rings is 1. The van der Waals surface area contributed by atoms with Crippen LogP contribution in [-0.4, -0.2) is 4.98 Å². The maximum Gasteiger partial charge on any atom is 0.149 e. The summed E-state index contributed by atoms with van der Waals surface area (Å²) in [5, 5.41) is 17.9. The van der Waals surface area contributed by atoms with E-state index in [0.29, 0.717) is 0 Å². The third-order valence-electron chi connectivity index (χ3n) is 2.60. The van der Waals surface area contributed by atoms with Crippen molar-refractivity contribution in [2.24, 2.45) is 0 Å². The van der Waals surface area contributed by atoms with Gasteiger partial charge in [0.1, 0.15) is 40.3 Å². The summed E-state index contributed by atoms with van der Waals surface area (Å²) in [4.78, 5) is 3.64. The lowest BCUT2D eigenvalue weighted by molar-refractivity contribution is 0.603. The molecule has 0 radical (unpaired) electrons. The first-order chi connectivity index (χ1) is 9.49. The number of benzene rings is 1. The molecule has 1 heterocycles. The summed E-state index contributed by atoms with van der Waals surface area (Å²) in [5.74, 6) is -1.78. The summed E-state index contributed by atoms with van der Waals surface area (Å²) in [6, 6.07) is 6.11. The minimum absolute atomic E-state index is 0.162. The lowest BCUT2D eigenvalue weighted by atomic mass is 9.96. The van der Waals surface area contributed by atoms with Crippen LogP contribution in [0.4, 0.5) is 14.6 Å². The Bertz CT molecular complexity index is 752. The molecule has 0 unspecified atom stereocenters. The highest BCUT2D eigenvalue weighted by Gasteiger charge is 2.21. The van der Waals surface area contributed by atoms with E-state index in [4.69, 9.17) is 27.9 Å². The summed E-state index contributed by atoms with van der Waals surface area (Å²) < 4.78 is 27.2. The zero-order valence-corrected chi connectivity index (χ0v) is 10.5. The quantitative estimate of drug-likeness (QED) is 0.818. The molecule has 0 fully saturated rings. The van der Waals surface area contributed by atoms with Gasteiger partial charge in [-0.1, -0.05) is 11.6 Å². The first-order valence-corrected chi connectivity index (χ1v) is 5.62. The number of hydrogen-bond donors (Lipinski definition) is 1. The number of halogens is 3. The van der Waals surface area contributed by atoms with Crippen LogP contribution in [0.2, 0.25) is 5.15 Å². The Morgan fingerprint density at radius 1 is 1.15 bits per heavy atom. The van der Waals surface area contributed by atoms with Crippen molar-refractivity contribution in [2.75, 3.05) is 5.73 Å². The van der Waals surface area contributed by atoms with Gasteiger partial charge in [0.05, 0.1) is 5.56 Å². The fraction of sp³-hybridized carbons (Fsp3) is 0. The number of nitriles is 2. The maximum absolute atomic E-state index is 13.9. The van der Waals surface area contributed by atoms with Gasteiger partial charge in [0.2, 0.25) is 0 Å². The number of nitrogens with two attached hydrogens (primary N) is 1. The second kappa shape index (κ2) is 5.12. The van der Waals surface area contributed by atoms with Crippen molar-refractivity contribution in [3.05, 3.63) is 46.1 Å². The number of nitrogen functional groups attached to an aromatic ring is 1. The van der Waals surface area contributed by atoms with Gasteiger partial charge >= 0.3 is 0 Å². The maximum atomic E-state index is 13.9. The molecule has 2 N–H and O–H groups in total. The summed E-state index contributed by atoms with van der Waals surface area (Å²) in [6.07, 6.45) is 0. The molecule has 0 amide bonds. The molecule has 0 aliphatic rings. The Morgan fingerprint density at radius 3 is 2.40 bits per heavy atom. The monoisotopic (exact) mass is 290 g/mol. The highest BCUT2D eigenvalue weighted by Crippen LogP contribution is 2.35. The van der Waals surface area contributed by atoms with Crippen molar-refractivity contribution in [1.82, 2.24) is 4.98 Å². The van der Waals surface area contributed by atoms with Crippen molar-refractivity contribution in [1.29, 1.82) is 10.5 Å². The predicted molar refractivity (Wildman–Crippen MR) is 68.4 cm³/mol. The Labute approximate surface area is 117 Å². The molecular formula is C13H5ClF2N4. The van der Waals surface area contributed by atoms with Gasteiger partial charge in [-0.15, -0.1) is 0 Å². The van der Waals surface area contributed by atoms with Gasteiger partial charge in [-0.3, -0.25) is 0 Å². The van der Waals surface area contributed by atoms with Crippen molar-refractivity contribution in [2.45, 2.75) is 0 Å². The van der Waals surface area contributed by atoms with E-state index >= 15 is 0 Å². The molecule has 0 aliphatic heterocycles. The summed E-state index contributed by atoms with van der Waals surface area (Å²) in [6.45, 7) is 0. The van der Waals surface area contributed by atoms with Gasteiger partial charge in [-0.25, -0.2) is 13.8 Å². The van der Waals surface area contributed by atoms with Crippen LogP contribution in [0.5, 0.6) is 0 Å². The molecule has 0 saturated heterocycles. The lowest BCUT2D eigenvalue weighted by Crippen LogP contribution is -2.03. The van der Waals surface area contributed by atoms with Gasteiger partial charge in [-0.2, -0.15) is 10.5 Å². The van der Waals surface area contributed by atoms with E-state index in [-0.39, 0.29) is 33.2 Å². The van der Waals surface area contributed by atoms with E-state index in [0.717, 1.165) is 18.2 Å². The van der Waals surface area contributed by atoms with Crippen molar-refractivity contribution < 1.29 is 8.78 Å². The zero-order chi connectivity index (χ0) is 14.9. The Hall–Kier alpha value is -2.70. The number of nitrogens with zero attached hydrogens (tertiary/aromatic N) is 3. The van der Waals surface area contributed by atoms with Gasteiger partial charge in [0.15, 0.2) is 0 Å². The highest BCUT2D eigenvalue weighted by atomic mass is 35.5. The molecule has 0 aliphatic carbocycles. The molecule has 2 rings (SSSR count). The Kier molecular flexibility index (Phi) is 3.51. The average Bonchev–Trinajstić information content (AvgIpc) is 2.41. The molecule has 0 bridgehead atoms. The fourth-order valence-corrected chi connectivity index (χ4v) is 1.98. The summed E-state index contributed by atoms with van der Waals surface area (Å²) in [7, 11) is 0. The SMILES string of the molecule is N#Cc1c(N)nc(Cl)c(C#N)c1-c1cc(F)ccc1F. The van der Waals surface area contributed by atoms with Crippen LogP contribution in [0.25, 0.3) is 11.1 Å². The largest absolute Gasteiger partial charge is 0.383 e. The molecule has 98 valence electrons. The first-order valence-electron chi connectivity index (χ1n) is 5.24. The molecule has 7 heteroatoms. The lowest BCUT2D eigenvalue weighted by Gasteiger charge is -2.11. The van der Waals surface area contributed by atoms with Gasteiger partial charge in [0.25, 0.3) is 0 Å². The van der Waals surface area contributed by atoms with Gasteiger partial charge in [-0.05, 0) is 18.2 Å². The van der Waals surface area contributed by atoms with Crippen LogP contribution in [0.3, 0.4) is 0 Å². The zero-order valence-electron chi connectivity index (χ0n) is 9.78. The predicted octanol–water partition coefficient (Wildman–Crippen LogP) is 3.01. The van der Waals surface area contributed by atoms with Crippen LogP contribution >= 0.6 is 11.6 Å². The Morgan fingerprint density at radius 2 is 1.80 bits per heavy atom.